The van der Waals surface area contributed by atoms with Crippen LogP contribution in [0.5, 0.6) is 0 Å². The summed E-state index contributed by atoms with van der Waals surface area (Å²) < 4.78 is 32.5. The van der Waals surface area contributed by atoms with Crippen molar-refractivity contribution in [1.82, 2.24) is 0 Å². The largest absolute Gasteiger partial charge is 0.472 e. The minimum atomic E-state index is -4.27. The van der Waals surface area contributed by atoms with Crippen molar-refractivity contribution in [2.75, 3.05) is 19.8 Å². The summed E-state index contributed by atoms with van der Waals surface area (Å²) in [6.07, 6.45) is 33.7. The van der Waals surface area contributed by atoms with Crippen molar-refractivity contribution < 1.29 is 37.6 Å². The Labute approximate surface area is 282 Å². The van der Waals surface area contributed by atoms with E-state index in [0.29, 0.717) is 12.8 Å². The van der Waals surface area contributed by atoms with Gasteiger partial charge in [0, 0.05) is 12.8 Å². The Hall–Kier alpha value is -1.47. The van der Waals surface area contributed by atoms with Gasteiger partial charge in [-0.15, -0.1) is 0 Å². The van der Waals surface area contributed by atoms with Crippen molar-refractivity contribution in [2.45, 2.75) is 181 Å². The number of phosphoric ester groups is 1. The molecule has 0 aromatic carbocycles. The fourth-order valence-electron chi connectivity index (χ4n) is 5.01. The van der Waals surface area contributed by atoms with Gasteiger partial charge in [0.2, 0.25) is 0 Å². The molecule has 0 rings (SSSR count). The van der Waals surface area contributed by atoms with Gasteiger partial charge in [-0.25, -0.2) is 4.57 Å². The summed E-state index contributed by atoms with van der Waals surface area (Å²) in [5.74, 6) is -0.812. The van der Waals surface area contributed by atoms with Gasteiger partial charge in [0.1, 0.15) is 6.61 Å². The molecule has 2 unspecified atom stereocenters. The average Bonchev–Trinajstić information content (AvgIpc) is 3.03. The van der Waals surface area contributed by atoms with Crippen molar-refractivity contribution in [3.63, 3.8) is 0 Å². The molecule has 0 saturated heterocycles. The Morgan fingerprint density at radius 1 is 0.587 bits per heavy atom. The van der Waals surface area contributed by atoms with Crippen LogP contribution < -0.4 is 0 Å². The number of ether oxygens (including phenoxy) is 2. The quantitative estimate of drug-likeness (QED) is 0.0311. The van der Waals surface area contributed by atoms with Crippen LogP contribution in [0.15, 0.2) is 24.3 Å². The smallest absolute Gasteiger partial charge is 0.462 e. The lowest BCUT2D eigenvalue weighted by Gasteiger charge is -2.19. The molecule has 0 aliphatic rings. The van der Waals surface area contributed by atoms with Crippen molar-refractivity contribution in [3.05, 3.63) is 24.3 Å². The molecule has 0 saturated carbocycles. The van der Waals surface area contributed by atoms with Gasteiger partial charge in [-0.2, -0.15) is 0 Å². The Bertz CT molecular complexity index is 813. The highest BCUT2D eigenvalue weighted by molar-refractivity contribution is 7.47. The maximum Gasteiger partial charge on any atom is 0.472 e. The van der Waals surface area contributed by atoms with E-state index in [1.54, 1.807) is 6.92 Å². The predicted octanol–water partition coefficient (Wildman–Crippen LogP) is 11.1. The van der Waals surface area contributed by atoms with Crippen LogP contribution in [0, 0.1) is 0 Å². The van der Waals surface area contributed by atoms with E-state index >= 15 is 0 Å². The first-order chi connectivity index (χ1) is 22.3. The van der Waals surface area contributed by atoms with Gasteiger partial charge in [-0.3, -0.25) is 18.6 Å². The van der Waals surface area contributed by atoms with Crippen LogP contribution in [0.1, 0.15) is 175 Å². The van der Waals surface area contributed by atoms with E-state index in [-0.39, 0.29) is 25.6 Å². The van der Waals surface area contributed by atoms with Crippen LogP contribution in [0.2, 0.25) is 0 Å². The summed E-state index contributed by atoms with van der Waals surface area (Å²) >= 11 is 0. The number of allylic oxidation sites excluding steroid dienone is 4. The Kier molecular flexibility index (Phi) is 32.4. The summed E-state index contributed by atoms with van der Waals surface area (Å²) in [5.41, 5.74) is 0. The third kappa shape index (κ3) is 32.5. The molecule has 46 heavy (non-hydrogen) atoms. The lowest BCUT2D eigenvalue weighted by molar-refractivity contribution is -0.161. The molecule has 0 aromatic rings. The molecule has 0 fully saturated rings. The molecule has 2 atom stereocenters. The molecule has 0 aromatic heterocycles. The van der Waals surface area contributed by atoms with Crippen molar-refractivity contribution in [2.24, 2.45) is 0 Å². The summed E-state index contributed by atoms with van der Waals surface area (Å²) in [6.45, 7) is 5.41. The Morgan fingerprint density at radius 2 is 1.04 bits per heavy atom. The highest BCUT2D eigenvalue weighted by Crippen LogP contribution is 2.43. The lowest BCUT2D eigenvalue weighted by atomic mass is 10.1. The number of phosphoric acid groups is 1. The van der Waals surface area contributed by atoms with Gasteiger partial charge in [-0.05, 0) is 51.9 Å². The molecule has 8 nitrogen and oxygen atoms in total. The molecule has 0 amide bonds. The van der Waals surface area contributed by atoms with Gasteiger partial charge in [-0.1, -0.05) is 134 Å². The maximum absolute atomic E-state index is 12.5. The van der Waals surface area contributed by atoms with E-state index in [9.17, 15) is 19.0 Å². The number of hydrogen-bond donors (Lipinski definition) is 1. The number of carbonyl (C=O) groups excluding carboxylic acids is 2. The molecular weight excluding hydrogens is 603 g/mol. The zero-order chi connectivity index (χ0) is 34.0. The van der Waals surface area contributed by atoms with Crippen LogP contribution in [0.3, 0.4) is 0 Å². The van der Waals surface area contributed by atoms with Gasteiger partial charge in [0.05, 0.1) is 13.2 Å². The first-order valence-corrected chi connectivity index (χ1v) is 20.1. The molecule has 270 valence electrons. The normalized spacial score (nSPS) is 13.7. The second-order valence-corrected chi connectivity index (χ2v) is 13.7. The van der Waals surface area contributed by atoms with Gasteiger partial charge >= 0.3 is 19.8 Å². The molecule has 0 radical (unpaired) electrons. The number of esters is 2. The van der Waals surface area contributed by atoms with Crippen molar-refractivity contribution in [1.29, 1.82) is 0 Å². The highest BCUT2D eigenvalue weighted by atomic mass is 31.2. The topological polar surface area (TPSA) is 108 Å². The van der Waals surface area contributed by atoms with E-state index in [1.807, 2.05) is 0 Å². The standard InChI is InChI=1S/C37H69O8P/c1-4-7-9-11-13-15-17-18-19-20-22-24-26-28-30-32-37(39)45-35(34-44-46(40,41)43-6-3)33-42-36(38)31-29-27-25-23-21-16-14-12-10-8-5-2/h13,15,18-19,35H,4-12,14,16-17,20-34H2,1-3H3,(H,40,41)/b15-13-,19-18-. The fourth-order valence-corrected chi connectivity index (χ4v) is 5.77. The third-order valence-corrected chi connectivity index (χ3v) is 8.82. The highest BCUT2D eigenvalue weighted by Gasteiger charge is 2.25. The van der Waals surface area contributed by atoms with E-state index < -0.39 is 26.5 Å². The first-order valence-electron chi connectivity index (χ1n) is 18.6. The van der Waals surface area contributed by atoms with Crippen LogP contribution >= 0.6 is 7.82 Å². The average molecular weight is 673 g/mol. The lowest BCUT2D eigenvalue weighted by Crippen LogP contribution is -2.29. The first kappa shape index (κ1) is 44.5. The molecule has 0 bridgehead atoms. The van der Waals surface area contributed by atoms with Gasteiger partial charge in [0.25, 0.3) is 0 Å². The predicted molar refractivity (Wildman–Crippen MR) is 189 cm³/mol. The number of rotatable bonds is 34. The zero-order valence-electron chi connectivity index (χ0n) is 29.7. The number of unbranched alkanes of at least 4 members (excludes halogenated alkanes) is 18. The molecule has 0 spiro atoms. The van der Waals surface area contributed by atoms with Gasteiger partial charge in [0.15, 0.2) is 6.10 Å². The SMILES string of the molecule is CCCCC/C=C\C/C=C\CCCCCCCC(=O)OC(COC(=O)CCCCCCCCCCCCC)COP(=O)(O)OCC. The minimum Gasteiger partial charge on any atom is -0.462 e. The van der Waals surface area contributed by atoms with E-state index in [2.05, 4.69) is 38.2 Å². The van der Waals surface area contributed by atoms with Crippen molar-refractivity contribution in [3.8, 4) is 0 Å². The van der Waals surface area contributed by atoms with Crippen LogP contribution in [0.25, 0.3) is 0 Å². The minimum absolute atomic E-state index is 0.000991. The summed E-state index contributed by atoms with van der Waals surface area (Å²) in [5, 5.41) is 0. The molecule has 0 heterocycles. The molecule has 0 aliphatic carbocycles. The zero-order valence-corrected chi connectivity index (χ0v) is 30.6. The van der Waals surface area contributed by atoms with E-state index in [1.165, 1.54) is 77.0 Å². The summed E-state index contributed by atoms with van der Waals surface area (Å²) in [6, 6.07) is 0. The van der Waals surface area contributed by atoms with Crippen LogP contribution in [0.4, 0.5) is 0 Å². The molecule has 0 aliphatic heterocycles. The molecule has 9 heteroatoms. The number of hydrogen-bond acceptors (Lipinski definition) is 7. The second kappa shape index (κ2) is 33.4. The van der Waals surface area contributed by atoms with Crippen molar-refractivity contribution >= 4 is 19.8 Å². The van der Waals surface area contributed by atoms with Crippen LogP contribution in [-0.4, -0.2) is 42.8 Å². The number of carbonyl (C=O) groups is 2. The second-order valence-electron chi connectivity index (χ2n) is 12.2. The van der Waals surface area contributed by atoms with E-state index in [0.717, 1.165) is 57.8 Å². The maximum atomic E-state index is 12.5. The third-order valence-electron chi connectivity index (χ3n) is 7.76. The van der Waals surface area contributed by atoms with Crippen LogP contribution in [-0.2, 0) is 32.7 Å². The molecule has 1 N–H and O–H groups in total. The monoisotopic (exact) mass is 672 g/mol. The Morgan fingerprint density at radius 3 is 1.59 bits per heavy atom. The Balaban J connectivity index is 4.19. The van der Waals surface area contributed by atoms with E-state index in [4.69, 9.17) is 18.5 Å². The fraction of sp³-hybridized carbons (Fsp3) is 0.838. The van der Waals surface area contributed by atoms with Gasteiger partial charge < -0.3 is 14.4 Å². The molecular formula is C37H69O8P. The summed E-state index contributed by atoms with van der Waals surface area (Å²) in [4.78, 5) is 34.5. The summed E-state index contributed by atoms with van der Waals surface area (Å²) in [7, 11) is -4.27.